The highest BCUT2D eigenvalue weighted by Crippen LogP contribution is 2.25. The van der Waals surface area contributed by atoms with Gasteiger partial charge in [-0.15, -0.1) is 0 Å². The summed E-state index contributed by atoms with van der Waals surface area (Å²) in [6.07, 6.45) is 1.88. The lowest BCUT2D eigenvalue weighted by molar-refractivity contribution is -0.889. The number of rotatable bonds is 10. The van der Waals surface area contributed by atoms with E-state index in [2.05, 4.69) is 15.3 Å². The lowest BCUT2D eigenvalue weighted by atomic mass is 10.2. The van der Waals surface area contributed by atoms with Gasteiger partial charge in [-0.05, 0) is 19.4 Å². The summed E-state index contributed by atoms with van der Waals surface area (Å²) in [5.41, 5.74) is 15.4. The fourth-order valence-corrected chi connectivity index (χ4v) is 2.65. The fourth-order valence-electron chi connectivity index (χ4n) is 2.43. The lowest BCUT2D eigenvalue weighted by Crippen LogP contribution is -2.47. The predicted molar refractivity (Wildman–Crippen MR) is 112 cm³/mol. The minimum atomic E-state index is -1.13. The number of aromatic nitrogens is 2. The molecule has 0 fully saturated rings. The van der Waals surface area contributed by atoms with E-state index in [0.29, 0.717) is 34.1 Å². The van der Waals surface area contributed by atoms with Crippen LogP contribution in [0.15, 0.2) is 0 Å². The molecule has 30 heavy (non-hydrogen) atoms. The van der Waals surface area contributed by atoms with Gasteiger partial charge in [-0.25, -0.2) is 41.3 Å². The van der Waals surface area contributed by atoms with Crippen molar-refractivity contribution in [3.8, 4) is 0 Å². The number of nitrogens with zero attached hydrogens (tertiary/aromatic N) is 5. The molecule has 0 bridgehead atoms. The fraction of sp³-hybridized carbons (Fsp3) is 0.533. The van der Waals surface area contributed by atoms with E-state index in [1.807, 2.05) is 14.1 Å². The molecule has 0 saturated heterocycles. The van der Waals surface area contributed by atoms with Crippen LogP contribution < -0.4 is 44.2 Å². The topological polar surface area (TPSA) is 226 Å². The van der Waals surface area contributed by atoms with E-state index < -0.39 is 34.8 Å². The standard InChI is InChI=1S/C15H28ClN11O3/c1-27(2,7-4-3-5-17)8-6-22-13(28)9-11(25(20)14(18)29)24-12(10(16)23-9)26(21)15(19)30/h3-8,17,20-21H2,1-2H3,(H4-,18,19,22,28,29,30)/p+1. The number of halogens is 1. The number of nitrogens with two attached hydrogens (primary N) is 5. The smallest absolute Gasteiger partial charge is 0.335 e. The van der Waals surface area contributed by atoms with E-state index in [-0.39, 0.29) is 5.69 Å². The summed E-state index contributed by atoms with van der Waals surface area (Å²) in [5, 5.41) is 3.03. The number of unbranched alkanes of at least 4 members (excludes halogenated alkanes) is 1. The van der Waals surface area contributed by atoms with Crippen molar-refractivity contribution in [2.24, 2.45) is 28.9 Å². The first kappa shape index (κ1) is 25.3. The monoisotopic (exact) mass is 446 g/mol. The van der Waals surface area contributed by atoms with Crippen LogP contribution in [0.4, 0.5) is 21.2 Å². The maximum Gasteiger partial charge on any atom is 0.335 e. The number of hydrogen-bond acceptors (Lipinski definition) is 8. The second kappa shape index (κ2) is 10.8. The average molecular weight is 447 g/mol. The quantitative estimate of drug-likeness (QED) is 0.0786. The highest BCUT2D eigenvalue weighted by atomic mass is 35.5. The van der Waals surface area contributed by atoms with E-state index in [1.165, 1.54) is 0 Å². The first-order valence-corrected chi connectivity index (χ1v) is 9.35. The summed E-state index contributed by atoms with van der Waals surface area (Å²) in [6, 6.07) is -2.24. The SMILES string of the molecule is C[N+](C)(CCCCN)CCNC(=O)c1nc(Cl)c(N(N)C(N)=O)nc1N(N)C(N)=O. The van der Waals surface area contributed by atoms with Crippen LogP contribution in [0.2, 0.25) is 5.15 Å². The summed E-state index contributed by atoms with van der Waals surface area (Å²) in [5.74, 6) is 9.49. The number of primary amides is 2. The van der Waals surface area contributed by atoms with Crippen LogP contribution in [0, 0.1) is 0 Å². The number of carbonyl (C=O) groups is 3. The van der Waals surface area contributed by atoms with Crippen LogP contribution in [0.25, 0.3) is 0 Å². The van der Waals surface area contributed by atoms with Crippen molar-refractivity contribution in [3.63, 3.8) is 0 Å². The minimum absolute atomic E-state index is 0.292. The molecule has 0 aliphatic heterocycles. The Balaban J connectivity index is 3.05. The van der Waals surface area contributed by atoms with Gasteiger partial charge in [-0.1, -0.05) is 11.6 Å². The molecule has 1 rings (SSSR count). The molecule has 0 atom stereocenters. The van der Waals surface area contributed by atoms with E-state index in [9.17, 15) is 14.4 Å². The van der Waals surface area contributed by atoms with E-state index in [1.54, 1.807) is 0 Å². The van der Waals surface area contributed by atoms with Crippen molar-refractivity contribution < 1.29 is 18.9 Å². The maximum absolute atomic E-state index is 12.6. The molecular weight excluding hydrogens is 418 g/mol. The number of carbonyl (C=O) groups excluding carboxylic acids is 3. The van der Waals surface area contributed by atoms with Crippen LogP contribution in [0.3, 0.4) is 0 Å². The van der Waals surface area contributed by atoms with E-state index in [4.69, 9.17) is 40.5 Å². The summed E-state index contributed by atoms with van der Waals surface area (Å²) >= 11 is 5.97. The highest BCUT2D eigenvalue weighted by Gasteiger charge is 2.27. The summed E-state index contributed by atoms with van der Waals surface area (Å²) in [6.45, 7) is 2.42. The van der Waals surface area contributed by atoms with Crippen LogP contribution >= 0.6 is 11.6 Å². The minimum Gasteiger partial charge on any atom is -0.350 e. The van der Waals surface area contributed by atoms with Gasteiger partial charge in [0.05, 0.1) is 33.7 Å². The zero-order chi connectivity index (χ0) is 23.1. The summed E-state index contributed by atoms with van der Waals surface area (Å²) in [7, 11) is 4.04. The van der Waals surface area contributed by atoms with Gasteiger partial charge in [0, 0.05) is 0 Å². The van der Waals surface area contributed by atoms with Crippen molar-refractivity contribution >= 4 is 41.2 Å². The maximum atomic E-state index is 12.6. The lowest BCUT2D eigenvalue weighted by Gasteiger charge is -2.30. The van der Waals surface area contributed by atoms with Gasteiger partial charge in [0.2, 0.25) is 0 Å². The molecule has 11 N–H and O–H groups in total. The van der Waals surface area contributed by atoms with Crippen LogP contribution in [0.5, 0.6) is 0 Å². The molecule has 1 aromatic heterocycles. The number of hydrogen-bond donors (Lipinski definition) is 6. The molecule has 1 heterocycles. The number of hydrazine groups is 2. The van der Waals surface area contributed by atoms with E-state index in [0.717, 1.165) is 19.4 Å². The molecular formula is C15H29ClN11O3+. The normalized spacial score (nSPS) is 11.1. The predicted octanol–water partition coefficient (Wildman–Crippen LogP) is -1.81. The second-order valence-corrected chi connectivity index (χ2v) is 7.42. The Morgan fingerprint density at radius 1 is 1.00 bits per heavy atom. The Hall–Kier alpha value is -2.78. The molecule has 1 aromatic rings. The number of quaternary nitrogens is 1. The number of urea groups is 2. The number of likely N-dealkylation sites (N-methyl/N-ethyl adjacent to an activating group) is 1. The Morgan fingerprint density at radius 2 is 1.57 bits per heavy atom. The Labute approximate surface area is 178 Å². The number of anilines is 2. The summed E-state index contributed by atoms with van der Waals surface area (Å²) < 4.78 is 0.656. The molecule has 0 aromatic carbocycles. The summed E-state index contributed by atoms with van der Waals surface area (Å²) in [4.78, 5) is 43.2. The first-order valence-electron chi connectivity index (χ1n) is 8.97. The van der Waals surface area contributed by atoms with Crippen molar-refractivity contribution in [2.45, 2.75) is 12.8 Å². The average Bonchev–Trinajstić information content (AvgIpc) is 2.66. The van der Waals surface area contributed by atoms with Crippen molar-refractivity contribution in [3.05, 3.63) is 10.8 Å². The molecule has 0 radical (unpaired) electrons. The third-order valence-corrected chi connectivity index (χ3v) is 4.44. The largest absolute Gasteiger partial charge is 0.350 e. The molecule has 0 unspecified atom stereocenters. The van der Waals surface area contributed by atoms with Crippen LogP contribution in [-0.4, -0.2) is 72.7 Å². The molecule has 0 aliphatic rings. The van der Waals surface area contributed by atoms with Crippen molar-refractivity contribution in [2.75, 3.05) is 50.3 Å². The highest BCUT2D eigenvalue weighted by molar-refractivity contribution is 6.32. The van der Waals surface area contributed by atoms with Gasteiger partial charge >= 0.3 is 12.1 Å². The van der Waals surface area contributed by atoms with Gasteiger partial charge < -0.3 is 27.0 Å². The van der Waals surface area contributed by atoms with Gasteiger partial charge in [0.1, 0.15) is 0 Å². The van der Waals surface area contributed by atoms with Crippen molar-refractivity contribution in [1.82, 2.24) is 15.3 Å². The third kappa shape index (κ3) is 6.93. The van der Waals surface area contributed by atoms with Gasteiger partial charge in [0.25, 0.3) is 5.91 Å². The molecule has 168 valence electrons. The first-order chi connectivity index (χ1) is 13.9. The van der Waals surface area contributed by atoms with Crippen molar-refractivity contribution in [1.29, 1.82) is 0 Å². The Morgan fingerprint density at radius 3 is 2.10 bits per heavy atom. The van der Waals surface area contributed by atoms with Gasteiger partial charge in [0.15, 0.2) is 22.5 Å². The second-order valence-electron chi connectivity index (χ2n) is 7.06. The Bertz CT molecular complexity index is 789. The zero-order valence-corrected chi connectivity index (χ0v) is 17.7. The molecule has 0 spiro atoms. The molecule has 0 aliphatic carbocycles. The van der Waals surface area contributed by atoms with E-state index >= 15 is 0 Å². The molecule has 15 heteroatoms. The zero-order valence-electron chi connectivity index (χ0n) is 17.0. The van der Waals surface area contributed by atoms with Crippen LogP contribution in [0.1, 0.15) is 23.3 Å². The number of nitrogens with one attached hydrogen (secondary N) is 1. The third-order valence-electron chi connectivity index (χ3n) is 4.18. The van der Waals surface area contributed by atoms with Crippen LogP contribution in [-0.2, 0) is 0 Å². The van der Waals surface area contributed by atoms with Gasteiger partial charge in [-0.3, -0.25) is 4.79 Å². The molecule has 0 saturated carbocycles. The molecule has 5 amide bonds. The number of amides is 5. The Kier molecular flexibility index (Phi) is 9.13. The molecule has 14 nitrogen and oxygen atoms in total. The van der Waals surface area contributed by atoms with Gasteiger partial charge in [-0.2, -0.15) is 0 Å².